The van der Waals surface area contributed by atoms with Crippen LogP contribution in [0.1, 0.15) is 48.3 Å². The summed E-state index contributed by atoms with van der Waals surface area (Å²) in [4.78, 5) is 32.8. The molecule has 2 heterocycles. The molecule has 8 nitrogen and oxygen atoms in total. The number of rotatable bonds is 4. The molecule has 3 aromatic rings. The van der Waals surface area contributed by atoms with Crippen LogP contribution >= 0.6 is 0 Å². The number of aromatic nitrogens is 4. The Morgan fingerprint density at radius 2 is 1.86 bits per heavy atom. The maximum Gasteiger partial charge on any atom is 0.378 e. The van der Waals surface area contributed by atoms with Gasteiger partial charge in [-0.05, 0) is 37.0 Å². The van der Waals surface area contributed by atoms with Gasteiger partial charge >= 0.3 is 5.97 Å². The Morgan fingerprint density at radius 1 is 1.14 bits per heavy atom. The number of amides is 1. The molecule has 0 atom stereocenters. The van der Waals surface area contributed by atoms with Crippen LogP contribution in [0.4, 0.5) is 5.69 Å². The molecule has 0 radical (unpaired) electrons. The third-order valence-corrected chi connectivity index (χ3v) is 4.14. The number of aryl methyl sites for hydroxylation is 2. The number of para-hydroxylation sites is 1. The molecule has 3 rings (SSSR count). The fraction of sp³-hybridized carbons (Fsp3) is 0.350. The van der Waals surface area contributed by atoms with E-state index in [-0.39, 0.29) is 11.2 Å². The van der Waals surface area contributed by atoms with E-state index in [2.05, 4.69) is 41.2 Å². The van der Waals surface area contributed by atoms with Crippen LogP contribution in [0.15, 0.2) is 30.3 Å². The minimum Gasteiger partial charge on any atom is -0.450 e. The van der Waals surface area contributed by atoms with Crippen molar-refractivity contribution in [3.8, 4) is 0 Å². The molecule has 0 saturated carbocycles. The molecule has 0 bridgehead atoms. The van der Waals surface area contributed by atoms with Crippen LogP contribution < -0.4 is 5.32 Å². The summed E-state index contributed by atoms with van der Waals surface area (Å²) < 4.78 is 6.53. The maximum absolute atomic E-state index is 12.3. The molecular weight excluding hydrogens is 358 g/mol. The first kappa shape index (κ1) is 19.5. The summed E-state index contributed by atoms with van der Waals surface area (Å²) in [5.74, 6) is -1.03. The molecule has 1 N–H and O–H groups in total. The van der Waals surface area contributed by atoms with Crippen LogP contribution in [0, 0.1) is 13.8 Å². The van der Waals surface area contributed by atoms with E-state index in [4.69, 9.17) is 4.74 Å². The van der Waals surface area contributed by atoms with Gasteiger partial charge in [-0.25, -0.2) is 14.3 Å². The van der Waals surface area contributed by atoms with Crippen molar-refractivity contribution < 1.29 is 14.3 Å². The van der Waals surface area contributed by atoms with Gasteiger partial charge in [-0.15, -0.1) is 5.10 Å². The average Bonchev–Trinajstić information content (AvgIpc) is 3.03. The number of anilines is 1. The van der Waals surface area contributed by atoms with Gasteiger partial charge in [-0.1, -0.05) is 39.0 Å². The molecule has 0 aliphatic carbocycles. The van der Waals surface area contributed by atoms with Gasteiger partial charge in [-0.3, -0.25) is 4.79 Å². The van der Waals surface area contributed by atoms with E-state index >= 15 is 0 Å². The number of carbonyl (C=O) groups is 2. The minimum absolute atomic E-state index is 0.135. The van der Waals surface area contributed by atoms with Gasteiger partial charge in [0, 0.05) is 17.1 Å². The van der Waals surface area contributed by atoms with Gasteiger partial charge in [0.1, 0.15) is 0 Å². The van der Waals surface area contributed by atoms with E-state index in [1.165, 1.54) is 4.52 Å². The van der Waals surface area contributed by atoms with E-state index in [0.717, 1.165) is 17.0 Å². The van der Waals surface area contributed by atoms with Gasteiger partial charge in [0.25, 0.3) is 17.5 Å². The Kier molecular flexibility index (Phi) is 5.13. The van der Waals surface area contributed by atoms with Crippen LogP contribution in [-0.4, -0.2) is 38.1 Å². The van der Waals surface area contributed by atoms with Crippen LogP contribution in [0.5, 0.6) is 0 Å². The molecule has 8 heteroatoms. The lowest BCUT2D eigenvalue weighted by atomic mass is 9.86. The summed E-state index contributed by atoms with van der Waals surface area (Å²) in [7, 11) is 0. The second-order valence-corrected chi connectivity index (χ2v) is 7.61. The largest absolute Gasteiger partial charge is 0.450 e. The summed E-state index contributed by atoms with van der Waals surface area (Å²) in [5, 5.41) is 6.89. The molecule has 0 unspecified atom stereocenters. The number of hydrogen-bond donors (Lipinski definition) is 1. The number of hydrogen-bond acceptors (Lipinski definition) is 6. The predicted molar refractivity (Wildman–Crippen MR) is 104 cm³/mol. The van der Waals surface area contributed by atoms with E-state index in [0.29, 0.717) is 11.5 Å². The molecular formula is C20H23N5O3. The lowest BCUT2D eigenvalue weighted by molar-refractivity contribution is -0.119. The van der Waals surface area contributed by atoms with E-state index in [1.807, 2.05) is 44.2 Å². The lowest BCUT2D eigenvalue weighted by Crippen LogP contribution is -2.23. The highest BCUT2D eigenvalue weighted by atomic mass is 16.5. The van der Waals surface area contributed by atoms with Crippen molar-refractivity contribution in [1.82, 2.24) is 19.6 Å². The third kappa shape index (κ3) is 4.16. The topological polar surface area (TPSA) is 98.5 Å². The normalized spacial score (nSPS) is 11.5. The maximum atomic E-state index is 12.3. The third-order valence-electron chi connectivity index (χ3n) is 4.14. The zero-order valence-electron chi connectivity index (χ0n) is 16.6. The van der Waals surface area contributed by atoms with Gasteiger partial charge in [-0.2, -0.15) is 4.98 Å². The zero-order chi connectivity index (χ0) is 20.5. The molecule has 146 valence electrons. The summed E-state index contributed by atoms with van der Waals surface area (Å²) in [6.07, 6.45) is 0. The van der Waals surface area contributed by atoms with Crippen LogP contribution in [-0.2, 0) is 14.9 Å². The van der Waals surface area contributed by atoms with Crippen LogP contribution in [0.3, 0.4) is 0 Å². The van der Waals surface area contributed by atoms with Crippen LogP contribution in [0.25, 0.3) is 5.78 Å². The predicted octanol–water partition coefficient (Wildman–Crippen LogP) is 2.83. The number of benzene rings is 1. The fourth-order valence-corrected chi connectivity index (χ4v) is 2.88. The minimum atomic E-state index is -0.776. The Morgan fingerprint density at radius 3 is 2.57 bits per heavy atom. The van der Waals surface area contributed by atoms with Gasteiger partial charge in [0.2, 0.25) is 0 Å². The first-order chi connectivity index (χ1) is 13.1. The molecule has 28 heavy (non-hydrogen) atoms. The average molecular weight is 381 g/mol. The summed E-state index contributed by atoms with van der Waals surface area (Å²) >= 11 is 0. The van der Waals surface area contributed by atoms with E-state index in [1.54, 1.807) is 0 Å². The van der Waals surface area contributed by atoms with Crippen molar-refractivity contribution >= 4 is 23.3 Å². The second kappa shape index (κ2) is 7.38. The Balaban J connectivity index is 1.67. The van der Waals surface area contributed by atoms with Gasteiger partial charge in [0.15, 0.2) is 6.61 Å². The molecule has 1 aromatic carbocycles. The van der Waals surface area contributed by atoms with E-state index < -0.39 is 18.5 Å². The number of nitrogens with zero attached hydrogens (tertiary/aromatic N) is 4. The van der Waals surface area contributed by atoms with Crippen molar-refractivity contribution in [2.45, 2.75) is 40.0 Å². The highest BCUT2D eigenvalue weighted by Crippen LogP contribution is 2.29. The van der Waals surface area contributed by atoms with E-state index in [9.17, 15) is 9.59 Å². The number of ether oxygens (including phenoxy) is 1. The van der Waals surface area contributed by atoms with Crippen molar-refractivity contribution in [3.05, 3.63) is 53.1 Å². The lowest BCUT2D eigenvalue weighted by Gasteiger charge is -2.22. The highest BCUT2D eigenvalue weighted by molar-refractivity contribution is 5.95. The molecule has 0 fully saturated rings. The van der Waals surface area contributed by atoms with Crippen molar-refractivity contribution in [2.24, 2.45) is 0 Å². The summed E-state index contributed by atoms with van der Waals surface area (Å²) in [6.45, 7) is 9.42. The number of nitrogens with one attached hydrogen (secondary N) is 1. The standard InChI is InChI=1S/C20H23N5O3/c1-12-10-13(2)25-19(21-12)23-17(24-25)18(27)28-11-16(26)22-15-9-7-6-8-14(15)20(3,4)5/h6-10H,11H2,1-5H3,(H,22,26). The first-order valence-corrected chi connectivity index (χ1v) is 8.92. The molecule has 0 aliphatic rings. The van der Waals surface area contributed by atoms with Crippen LogP contribution in [0.2, 0.25) is 0 Å². The Labute approximate surface area is 163 Å². The molecule has 0 aliphatic heterocycles. The smallest absolute Gasteiger partial charge is 0.378 e. The van der Waals surface area contributed by atoms with Gasteiger partial charge < -0.3 is 10.1 Å². The van der Waals surface area contributed by atoms with Crippen molar-refractivity contribution in [1.29, 1.82) is 0 Å². The zero-order valence-corrected chi connectivity index (χ0v) is 16.6. The van der Waals surface area contributed by atoms with Gasteiger partial charge in [0.05, 0.1) is 0 Å². The Hall–Kier alpha value is -3.29. The first-order valence-electron chi connectivity index (χ1n) is 8.92. The number of carbonyl (C=O) groups excluding carboxylic acids is 2. The Bertz CT molecular complexity index is 1050. The van der Waals surface area contributed by atoms with Crippen molar-refractivity contribution in [2.75, 3.05) is 11.9 Å². The molecule has 1 amide bonds. The summed E-state index contributed by atoms with van der Waals surface area (Å²) in [6, 6.07) is 9.37. The highest BCUT2D eigenvalue weighted by Gasteiger charge is 2.20. The molecule has 0 spiro atoms. The fourth-order valence-electron chi connectivity index (χ4n) is 2.88. The SMILES string of the molecule is Cc1cc(C)n2nc(C(=O)OCC(=O)Nc3ccccc3C(C)(C)C)nc2n1. The molecule has 0 saturated heterocycles. The second-order valence-electron chi connectivity index (χ2n) is 7.61. The number of esters is 1. The van der Waals surface area contributed by atoms with Crippen molar-refractivity contribution in [3.63, 3.8) is 0 Å². The molecule has 2 aromatic heterocycles. The quantitative estimate of drug-likeness (QED) is 0.698. The monoisotopic (exact) mass is 381 g/mol. The summed E-state index contributed by atoms with van der Waals surface area (Å²) in [5.41, 5.74) is 3.12. The number of fused-ring (bicyclic) bond motifs is 1.